The van der Waals surface area contributed by atoms with Crippen molar-refractivity contribution in [3.63, 3.8) is 0 Å². The molecule has 0 spiro atoms. The first-order valence-corrected chi connectivity index (χ1v) is 9.46. The van der Waals surface area contributed by atoms with E-state index in [1.54, 1.807) is 6.92 Å². The number of carbonyl (C=O) groups is 1. The Morgan fingerprint density at radius 3 is 2.66 bits per heavy atom. The summed E-state index contributed by atoms with van der Waals surface area (Å²) in [7, 11) is 1.53. The highest BCUT2D eigenvalue weighted by Gasteiger charge is 2.23. The van der Waals surface area contributed by atoms with Gasteiger partial charge in [0.25, 0.3) is 0 Å². The number of hydrogen-bond acceptors (Lipinski definition) is 5. The molecule has 0 amide bonds. The van der Waals surface area contributed by atoms with Gasteiger partial charge < -0.3 is 19.2 Å². The number of pyridine rings is 1. The fourth-order valence-electron chi connectivity index (χ4n) is 3.44. The number of aryl methyl sites for hydroxylation is 1. The molecule has 1 N–H and O–H groups in total. The average Bonchev–Trinajstić information content (AvgIpc) is 3.13. The molecular formula is C23H22N2O4. The van der Waals surface area contributed by atoms with Crippen molar-refractivity contribution in [3.05, 3.63) is 65.5 Å². The maximum atomic E-state index is 12.4. The predicted octanol–water partition coefficient (Wildman–Crippen LogP) is 4.79. The van der Waals surface area contributed by atoms with Crippen molar-refractivity contribution in [3.8, 4) is 11.5 Å². The SMILES string of the molecule is CCOC(=O)c1nc(C)c2[nH]c3ccc(OCc4ccccc4)cc3c2c1OC. The third-order valence-corrected chi connectivity index (χ3v) is 4.77. The Kier molecular flexibility index (Phi) is 5.08. The van der Waals surface area contributed by atoms with Crippen molar-refractivity contribution in [2.75, 3.05) is 13.7 Å². The van der Waals surface area contributed by atoms with Crippen LogP contribution >= 0.6 is 0 Å². The van der Waals surface area contributed by atoms with Crippen LogP contribution in [0.5, 0.6) is 11.5 Å². The highest BCUT2D eigenvalue weighted by atomic mass is 16.5. The van der Waals surface area contributed by atoms with E-state index in [2.05, 4.69) is 9.97 Å². The minimum absolute atomic E-state index is 0.177. The minimum atomic E-state index is -0.500. The van der Waals surface area contributed by atoms with Gasteiger partial charge in [0.2, 0.25) is 0 Å². The van der Waals surface area contributed by atoms with E-state index in [4.69, 9.17) is 14.2 Å². The van der Waals surface area contributed by atoms with E-state index in [0.29, 0.717) is 18.1 Å². The summed E-state index contributed by atoms with van der Waals surface area (Å²) in [5.41, 5.74) is 3.71. The van der Waals surface area contributed by atoms with Gasteiger partial charge in [0.15, 0.2) is 11.4 Å². The van der Waals surface area contributed by atoms with E-state index in [1.807, 2.05) is 55.5 Å². The molecule has 6 nitrogen and oxygen atoms in total. The number of nitrogens with zero attached hydrogens (tertiary/aromatic N) is 1. The number of aromatic nitrogens is 2. The molecule has 2 heterocycles. The molecule has 29 heavy (non-hydrogen) atoms. The zero-order valence-electron chi connectivity index (χ0n) is 16.6. The summed E-state index contributed by atoms with van der Waals surface area (Å²) in [5, 5.41) is 1.70. The molecule has 0 bridgehead atoms. The molecule has 0 fully saturated rings. The predicted molar refractivity (Wildman–Crippen MR) is 112 cm³/mol. The minimum Gasteiger partial charge on any atom is -0.493 e. The number of carbonyl (C=O) groups excluding carboxylic acids is 1. The Morgan fingerprint density at radius 2 is 1.93 bits per heavy atom. The lowest BCUT2D eigenvalue weighted by Gasteiger charge is -2.10. The number of rotatable bonds is 6. The molecule has 4 rings (SSSR count). The van der Waals surface area contributed by atoms with Crippen molar-refractivity contribution < 1.29 is 19.0 Å². The van der Waals surface area contributed by atoms with Crippen LogP contribution in [0.15, 0.2) is 48.5 Å². The lowest BCUT2D eigenvalue weighted by atomic mass is 10.1. The molecule has 4 aromatic rings. The molecule has 0 aliphatic rings. The van der Waals surface area contributed by atoms with Gasteiger partial charge in [-0.15, -0.1) is 0 Å². The number of H-pyrrole nitrogens is 1. The fraction of sp³-hybridized carbons (Fsp3) is 0.217. The van der Waals surface area contributed by atoms with Crippen LogP contribution in [0.1, 0.15) is 28.7 Å². The van der Waals surface area contributed by atoms with Gasteiger partial charge in [-0.1, -0.05) is 30.3 Å². The maximum Gasteiger partial charge on any atom is 0.360 e. The number of hydrogen-bond donors (Lipinski definition) is 1. The van der Waals surface area contributed by atoms with E-state index >= 15 is 0 Å². The fourth-order valence-corrected chi connectivity index (χ4v) is 3.44. The summed E-state index contributed by atoms with van der Waals surface area (Å²) >= 11 is 0. The Morgan fingerprint density at radius 1 is 1.14 bits per heavy atom. The third-order valence-electron chi connectivity index (χ3n) is 4.77. The molecule has 0 atom stereocenters. The first kappa shape index (κ1) is 18.8. The molecule has 2 aromatic heterocycles. The Bertz CT molecular complexity index is 1180. The molecule has 0 aliphatic heterocycles. The van der Waals surface area contributed by atoms with Crippen LogP contribution in [0.4, 0.5) is 0 Å². The lowest BCUT2D eigenvalue weighted by molar-refractivity contribution is 0.0515. The van der Waals surface area contributed by atoms with Crippen LogP contribution in [-0.2, 0) is 11.3 Å². The van der Waals surface area contributed by atoms with Crippen molar-refractivity contribution in [1.82, 2.24) is 9.97 Å². The number of esters is 1. The standard InChI is InChI=1S/C23H22N2O4/c1-4-28-23(26)21-22(27-3)19-17-12-16(29-13-15-8-6-5-7-9-15)10-11-18(17)25-20(19)14(2)24-21/h5-12,25H,4,13H2,1-3H3. The van der Waals surface area contributed by atoms with Crippen LogP contribution in [0.25, 0.3) is 21.8 Å². The van der Waals surface area contributed by atoms with Crippen molar-refractivity contribution >= 4 is 27.8 Å². The van der Waals surface area contributed by atoms with Gasteiger partial charge in [-0.05, 0) is 37.6 Å². The first-order chi connectivity index (χ1) is 14.1. The third kappa shape index (κ3) is 3.49. The maximum absolute atomic E-state index is 12.4. The molecule has 6 heteroatoms. The van der Waals surface area contributed by atoms with Gasteiger partial charge in [-0.2, -0.15) is 0 Å². The summed E-state index contributed by atoms with van der Waals surface area (Å²) in [5.74, 6) is 0.632. The van der Waals surface area contributed by atoms with Gasteiger partial charge in [-0.25, -0.2) is 9.78 Å². The van der Waals surface area contributed by atoms with Crippen LogP contribution in [0.2, 0.25) is 0 Å². The number of nitrogens with one attached hydrogen (secondary N) is 1. The summed E-state index contributed by atoms with van der Waals surface area (Å²) in [6, 6.07) is 15.8. The number of benzene rings is 2. The highest BCUT2D eigenvalue weighted by molar-refractivity contribution is 6.14. The topological polar surface area (TPSA) is 73.4 Å². The van der Waals surface area contributed by atoms with E-state index in [9.17, 15) is 4.79 Å². The second kappa shape index (κ2) is 7.83. The Labute approximate surface area is 168 Å². The zero-order chi connectivity index (χ0) is 20.4. The van der Waals surface area contributed by atoms with Crippen molar-refractivity contribution in [2.45, 2.75) is 20.5 Å². The monoisotopic (exact) mass is 390 g/mol. The number of methoxy groups -OCH3 is 1. The molecule has 148 valence electrons. The summed E-state index contributed by atoms with van der Waals surface area (Å²) in [6.07, 6.45) is 0. The highest BCUT2D eigenvalue weighted by Crippen LogP contribution is 2.38. The second-order valence-corrected chi connectivity index (χ2v) is 6.66. The summed E-state index contributed by atoms with van der Waals surface area (Å²) < 4.78 is 16.7. The second-order valence-electron chi connectivity index (χ2n) is 6.66. The smallest absolute Gasteiger partial charge is 0.360 e. The largest absolute Gasteiger partial charge is 0.493 e. The zero-order valence-corrected chi connectivity index (χ0v) is 16.6. The van der Waals surface area contributed by atoms with Crippen molar-refractivity contribution in [2.24, 2.45) is 0 Å². The van der Waals surface area contributed by atoms with Gasteiger partial charge in [-0.3, -0.25) is 0 Å². The molecule has 2 aromatic carbocycles. The summed E-state index contributed by atoms with van der Waals surface area (Å²) in [6.45, 7) is 4.36. The van der Waals surface area contributed by atoms with Crippen LogP contribution in [0.3, 0.4) is 0 Å². The van der Waals surface area contributed by atoms with Crippen LogP contribution < -0.4 is 9.47 Å². The number of ether oxygens (including phenoxy) is 3. The first-order valence-electron chi connectivity index (χ1n) is 9.46. The molecular weight excluding hydrogens is 368 g/mol. The van der Waals surface area contributed by atoms with Gasteiger partial charge in [0.1, 0.15) is 12.4 Å². The molecule has 0 saturated carbocycles. The molecule has 0 unspecified atom stereocenters. The average molecular weight is 390 g/mol. The molecule has 0 saturated heterocycles. The Balaban J connectivity index is 1.82. The van der Waals surface area contributed by atoms with Gasteiger partial charge in [0, 0.05) is 10.9 Å². The van der Waals surface area contributed by atoms with Gasteiger partial charge in [0.05, 0.1) is 30.3 Å². The van der Waals surface area contributed by atoms with Crippen LogP contribution in [-0.4, -0.2) is 29.7 Å². The van der Waals surface area contributed by atoms with E-state index in [-0.39, 0.29) is 12.3 Å². The number of aromatic amines is 1. The van der Waals surface area contributed by atoms with E-state index in [1.165, 1.54) is 7.11 Å². The lowest BCUT2D eigenvalue weighted by Crippen LogP contribution is -2.10. The molecule has 0 radical (unpaired) electrons. The van der Waals surface area contributed by atoms with Crippen LogP contribution in [0, 0.1) is 6.92 Å². The van der Waals surface area contributed by atoms with Crippen molar-refractivity contribution in [1.29, 1.82) is 0 Å². The summed E-state index contributed by atoms with van der Waals surface area (Å²) in [4.78, 5) is 20.2. The van der Waals surface area contributed by atoms with Gasteiger partial charge >= 0.3 is 5.97 Å². The Hall–Kier alpha value is -3.54. The quantitative estimate of drug-likeness (QED) is 0.479. The number of fused-ring (bicyclic) bond motifs is 3. The van der Waals surface area contributed by atoms with E-state index < -0.39 is 5.97 Å². The molecule has 0 aliphatic carbocycles. The normalized spacial score (nSPS) is 11.0. The van der Waals surface area contributed by atoms with E-state index in [0.717, 1.165) is 33.1 Å².